The Morgan fingerprint density at radius 2 is 1.45 bits per heavy atom. The number of hydrogen-bond donors (Lipinski definition) is 0. The fraction of sp³-hybridized carbons (Fsp3) is 1.00. The van der Waals surface area contributed by atoms with Crippen LogP contribution in [0.4, 0.5) is 0 Å². The Hall–Kier alpha value is 0.580. The molecule has 0 aromatic heterocycles. The van der Waals surface area contributed by atoms with Gasteiger partial charge in [-0.25, -0.2) is 0 Å². The molecular formula is C9H18Cl2. The third-order valence-corrected chi connectivity index (χ3v) is 2.14. The van der Waals surface area contributed by atoms with Gasteiger partial charge in [0.25, 0.3) is 0 Å². The summed E-state index contributed by atoms with van der Waals surface area (Å²) in [5.41, 5.74) is 0. The monoisotopic (exact) mass is 196 g/mol. The van der Waals surface area contributed by atoms with Crippen molar-refractivity contribution in [2.45, 2.75) is 50.8 Å². The van der Waals surface area contributed by atoms with Crippen molar-refractivity contribution in [1.82, 2.24) is 0 Å². The van der Waals surface area contributed by atoms with Crippen molar-refractivity contribution in [2.24, 2.45) is 5.92 Å². The molecule has 0 spiro atoms. The Bertz CT molecular complexity index is 69.6. The minimum Gasteiger partial charge on any atom is -0.105 e. The summed E-state index contributed by atoms with van der Waals surface area (Å²) in [5, 5.41) is 0. The molecular weight excluding hydrogens is 179 g/mol. The largest absolute Gasteiger partial charge is 0.107 e. The molecule has 0 saturated heterocycles. The van der Waals surface area contributed by atoms with Crippen molar-refractivity contribution in [3.63, 3.8) is 0 Å². The standard InChI is InChI=1S/C9H18Cl2/c1-8(2)6-4-3-5-7-9(10)11/h8-9H,3-7H2,1-2H3. The zero-order valence-electron chi connectivity index (χ0n) is 7.45. The summed E-state index contributed by atoms with van der Waals surface area (Å²) in [6.07, 6.45) is 6.03. The molecule has 0 aromatic carbocycles. The highest BCUT2D eigenvalue weighted by molar-refractivity contribution is 6.44. The van der Waals surface area contributed by atoms with Crippen molar-refractivity contribution in [2.75, 3.05) is 0 Å². The van der Waals surface area contributed by atoms with E-state index in [0.29, 0.717) is 0 Å². The van der Waals surface area contributed by atoms with Crippen LogP contribution >= 0.6 is 23.2 Å². The van der Waals surface area contributed by atoms with Crippen LogP contribution in [0, 0.1) is 5.92 Å². The number of alkyl halides is 2. The molecule has 0 aliphatic heterocycles. The molecule has 0 aliphatic rings. The Morgan fingerprint density at radius 1 is 0.909 bits per heavy atom. The van der Waals surface area contributed by atoms with Crippen LogP contribution in [0.15, 0.2) is 0 Å². The first kappa shape index (κ1) is 11.6. The van der Waals surface area contributed by atoms with E-state index in [2.05, 4.69) is 13.8 Å². The maximum absolute atomic E-state index is 5.58. The minimum atomic E-state index is -0.158. The van der Waals surface area contributed by atoms with Gasteiger partial charge in [0.2, 0.25) is 0 Å². The lowest BCUT2D eigenvalue weighted by molar-refractivity contribution is 0.523. The molecule has 0 fully saturated rings. The zero-order valence-corrected chi connectivity index (χ0v) is 8.96. The molecule has 0 atom stereocenters. The van der Waals surface area contributed by atoms with Gasteiger partial charge in [-0.2, -0.15) is 0 Å². The van der Waals surface area contributed by atoms with Gasteiger partial charge in [0.05, 0.1) is 0 Å². The second kappa shape index (κ2) is 7.24. The highest BCUT2D eigenvalue weighted by atomic mass is 35.5. The maximum atomic E-state index is 5.58. The molecule has 0 radical (unpaired) electrons. The highest BCUT2D eigenvalue weighted by Crippen LogP contribution is 2.14. The van der Waals surface area contributed by atoms with Gasteiger partial charge in [0, 0.05) is 0 Å². The molecule has 0 rings (SSSR count). The van der Waals surface area contributed by atoms with Crippen LogP contribution in [0.2, 0.25) is 0 Å². The average Bonchev–Trinajstić information content (AvgIpc) is 1.85. The van der Waals surface area contributed by atoms with Gasteiger partial charge < -0.3 is 0 Å². The molecule has 0 unspecified atom stereocenters. The predicted molar refractivity (Wildman–Crippen MR) is 53.4 cm³/mol. The second-order valence-corrected chi connectivity index (χ2v) is 4.70. The molecule has 0 aromatic rings. The Kier molecular flexibility index (Phi) is 7.62. The van der Waals surface area contributed by atoms with Crippen molar-refractivity contribution in [1.29, 1.82) is 0 Å². The summed E-state index contributed by atoms with van der Waals surface area (Å²) in [6.45, 7) is 4.51. The number of rotatable bonds is 6. The van der Waals surface area contributed by atoms with Gasteiger partial charge in [-0.15, -0.1) is 23.2 Å². The van der Waals surface area contributed by atoms with Gasteiger partial charge in [-0.3, -0.25) is 0 Å². The zero-order chi connectivity index (χ0) is 8.69. The summed E-state index contributed by atoms with van der Waals surface area (Å²) in [4.78, 5) is -0.158. The molecule has 0 nitrogen and oxygen atoms in total. The fourth-order valence-electron chi connectivity index (χ4n) is 1.03. The van der Waals surface area contributed by atoms with E-state index in [-0.39, 0.29) is 4.84 Å². The number of hydrogen-bond acceptors (Lipinski definition) is 0. The third-order valence-electron chi connectivity index (χ3n) is 1.70. The van der Waals surface area contributed by atoms with Crippen LogP contribution in [0.5, 0.6) is 0 Å². The minimum absolute atomic E-state index is 0.158. The first-order valence-electron chi connectivity index (χ1n) is 4.41. The number of halogens is 2. The normalized spacial score (nSPS) is 11.5. The summed E-state index contributed by atoms with van der Waals surface area (Å²) in [7, 11) is 0. The van der Waals surface area contributed by atoms with Crippen molar-refractivity contribution in [3.05, 3.63) is 0 Å². The summed E-state index contributed by atoms with van der Waals surface area (Å²) in [5.74, 6) is 0.831. The smallest absolute Gasteiger partial charge is 0.105 e. The topological polar surface area (TPSA) is 0 Å². The molecule has 0 N–H and O–H groups in total. The first-order chi connectivity index (χ1) is 5.13. The fourth-order valence-corrected chi connectivity index (χ4v) is 1.34. The van der Waals surface area contributed by atoms with Crippen LogP contribution in [-0.4, -0.2) is 4.84 Å². The summed E-state index contributed by atoms with van der Waals surface area (Å²) >= 11 is 11.2. The Balaban J connectivity index is 2.91. The highest BCUT2D eigenvalue weighted by Gasteiger charge is 1.98. The van der Waals surface area contributed by atoms with Crippen LogP contribution < -0.4 is 0 Å². The Labute approximate surface area is 80.3 Å². The lowest BCUT2D eigenvalue weighted by Crippen LogP contribution is -1.89. The molecule has 0 aliphatic carbocycles. The lowest BCUT2D eigenvalue weighted by Gasteiger charge is -2.04. The van der Waals surface area contributed by atoms with E-state index >= 15 is 0 Å². The summed E-state index contributed by atoms with van der Waals surface area (Å²) < 4.78 is 0. The van der Waals surface area contributed by atoms with Gasteiger partial charge >= 0.3 is 0 Å². The first-order valence-corrected chi connectivity index (χ1v) is 5.28. The van der Waals surface area contributed by atoms with E-state index in [1.807, 2.05) is 0 Å². The molecule has 11 heavy (non-hydrogen) atoms. The lowest BCUT2D eigenvalue weighted by atomic mass is 10.0. The molecule has 2 heteroatoms. The SMILES string of the molecule is CC(C)CCCCCC(Cl)Cl. The molecule has 0 heterocycles. The maximum Gasteiger partial charge on any atom is 0.107 e. The predicted octanol–water partition coefficient (Wildman–Crippen LogP) is 4.40. The second-order valence-electron chi connectivity index (χ2n) is 3.42. The van der Waals surface area contributed by atoms with E-state index in [1.54, 1.807) is 0 Å². The molecule has 0 bridgehead atoms. The van der Waals surface area contributed by atoms with Gasteiger partial charge in [-0.1, -0.05) is 39.5 Å². The van der Waals surface area contributed by atoms with E-state index < -0.39 is 0 Å². The molecule has 0 amide bonds. The Morgan fingerprint density at radius 3 is 1.91 bits per heavy atom. The van der Waals surface area contributed by atoms with E-state index in [1.165, 1.54) is 25.7 Å². The third kappa shape index (κ3) is 10.6. The van der Waals surface area contributed by atoms with Crippen molar-refractivity contribution < 1.29 is 0 Å². The molecule has 0 saturated carbocycles. The van der Waals surface area contributed by atoms with E-state index in [0.717, 1.165) is 12.3 Å². The quantitative estimate of drug-likeness (QED) is 0.437. The van der Waals surface area contributed by atoms with Crippen LogP contribution in [0.25, 0.3) is 0 Å². The van der Waals surface area contributed by atoms with Crippen molar-refractivity contribution >= 4 is 23.2 Å². The van der Waals surface area contributed by atoms with Crippen LogP contribution in [0.3, 0.4) is 0 Å². The van der Waals surface area contributed by atoms with Crippen LogP contribution in [0.1, 0.15) is 46.0 Å². The van der Waals surface area contributed by atoms with E-state index in [4.69, 9.17) is 23.2 Å². The summed E-state index contributed by atoms with van der Waals surface area (Å²) in [6, 6.07) is 0. The van der Waals surface area contributed by atoms with E-state index in [9.17, 15) is 0 Å². The average molecular weight is 197 g/mol. The molecule has 68 valence electrons. The van der Waals surface area contributed by atoms with Gasteiger partial charge in [-0.05, 0) is 12.3 Å². The van der Waals surface area contributed by atoms with Gasteiger partial charge in [0.1, 0.15) is 4.84 Å². The van der Waals surface area contributed by atoms with Crippen molar-refractivity contribution in [3.8, 4) is 0 Å². The van der Waals surface area contributed by atoms with Gasteiger partial charge in [0.15, 0.2) is 0 Å². The number of unbranched alkanes of at least 4 members (excludes halogenated alkanes) is 2. The van der Waals surface area contributed by atoms with Crippen LogP contribution in [-0.2, 0) is 0 Å².